The van der Waals surface area contributed by atoms with Crippen LogP contribution in [0.4, 0.5) is 15.8 Å². The van der Waals surface area contributed by atoms with E-state index in [-0.39, 0.29) is 10.1 Å². The quantitative estimate of drug-likeness (QED) is 0.0963. The molecule has 3 fully saturated rings. The molecular formula is C19H27N7O6S2. The van der Waals surface area contributed by atoms with E-state index in [4.69, 9.17) is 17.5 Å². The van der Waals surface area contributed by atoms with E-state index in [1.165, 1.54) is 62.1 Å². The van der Waals surface area contributed by atoms with Gasteiger partial charge < -0.3 is 14.4 Å². The van der Waals surface area contributed by atoms with E-state index in [0.29, 0.717) is 5.69 Å². The van der Waals surface area contributed by atoms with Gasteiger partial charge in [0, 0.05) is 26.2 Å². The summed E-state index contributed by atoms with van der Waals surface area (Å²) < 4.78 is 34.1. The number of thiazole rings is 1. The second-order valence-electron chi connectivity index (χ2n) is 8.11. The van der Waals surface area contributed by atoms with E-state index in [9.17, 15) is 10.1 Å². The molecule has 0 atom stereocenters. The molecule has 186 valence electrons. The Labute approximate surface area is 201 Å². The van der Waals surface area contributed by atoms with Crippen LogP contribution in [0.2, 0.25) is 0 Å². The third-order valence-electron chi connectivity index (χ3n) is 5.87. The fourth-order valence-electron chi connectivity index (χ4n) is 3.96. The van der Waals surface area contributed by atoms with Gasteiger partial charge in [-0.2, -0.15) is 0 Å². The number of aromatic nitrogens is 1. The summed E-state index contributed by atoms with van der Waals surface area (Å²) in [5.41, 5.74) is 1.96. The van der Waals surface area contributed by atoms with E-state index < -0.39 is 15.3 Å². The van der Waals surface area contributed by atoms with Crippen molar-refractivity contribution >= 4 is 37.6 Å². The highest BCUT2D eigenvalue weighted by molar-refractivity contribution is 7.79. The molecule has 3 aliphatic rings. The zero-order chi connectivity index (χ0) is 24.6. The number of quaternary nitrogens is 1. The lowest BCUT2D eigenvalue weighted by atomic mass is 10.1. The van der Waals surface area contributed by atoms with E-state index in [1.54, 1.807) is 0 Å². The Morgan fingerprint density at radius 1 is 1.15 bits per heavy atom. The van der Waals surface area contributed by atoms with Crippen molar-refractivity contribution < 1.29 is 26.9 Å². The van der Waals surface area contributed by atoms with Gasteiger partial charge in [-0.1, -0.05) is 12.1 Å². The van der Waals surface area contributed by atoms with Gasteiger partial charge in [0.05, 0.1) is 36.8 Å². The number of hydrogen-bond acceptors (Lipinski definition) is 11. The number of nitrogens with one attached hydrogen (secondary N) is 1. The maximum Gasteiger partial charge on any atom is 0.345 e. The predicted octanol–water partition coefficient (Wildman–Crippen LogP) is 1.75. The van der Waals surface area contributed by atoms with Crippen LogP contribution in [0.25, 0.3) is 0 Å². The van der Waals surface area contributed by atoms with Crippen LogP contribution in [0.15, 0.2) is 40.7 Å². The summed E-state index contributed by atoms with van der Waals surface area (Å²) in [4.78, 5) is 16.6. The lowest BCUT2D eigenvalue weighted by Gasteiger charge is -2.50. The first-order valence-electron chi connectivity index (χ1n) is 10.7. The van der Waals surface area contributed by atoms with Gasteiger partial charge in [0.15, 0.2) is 0 Å². The molecule has 34 heavy (non-hydrogen) atoms. The number of nitro groups is 1. The summed E-state index contributed by atoms with van der Waals surface area (Å²) in [5, 5.41) is 22.6. The summed E-state index contributed by atoms with van der Waals surface area (Å²) in [6, 6.07) is 7.91. The minimum atomic E-state index is -4.92. The molecule has 0 aliphatic carbocycles. The molecule has 5 rings (SSSR count). The van der Waals surface area contributed by atoms with Crippen LogP contribution >= 0.6 is 11.3 Å². The molecule has 3 saturated heterocycles. The Hall–Kier alpha value is -2.40. The van der Waals surface area contributed by atoms with Gasteiger partial charge in [0.2, 0.25) is 15.5 Å². The zero-order valence-corrected chi connectivity index (χ0v) is 20.1. The molecule has 0 spiro atoms. The molecule has 2 bridgehead atoms. The minimum Gasteiger partial charge on any atom is -0.726 e. The van der Waals surface area contributed by atoms with E-state index in [2.05, 4.69) is 25.4 Å². The SMILES string of the molecule is O=S(=O)([O-])O.O=[N+]([O-])c1cnc(N=Nc2ccc(CCNCC[N+]34CCN(CC3)CC4)cc2)s1. The van der Waals surface area contributed by atoms with Crippen LogP contribution in [0, 0.1) is 10.1 Å². The smallest absolute Gasteiger partial charge is 0.345 e. The van der Waals surface area contributed by atoms with Crippen molar-refractivity contribution in [2.45, 2.75) is 6.42 Å². The molecule has 0 unspecified atom stereocenters. The van der Waals surface area contributed by atoms with Crippen molar-refractivity contribution in [3.05, 3.63) is 46.1 Å². The van der Waals surface area contributed by atoms with E-state index in [0.717, 1.165) is 30.8 Å². The van der Waals surface area contributed by atoms with E-state index in [1.807, 2.05) is 24.3 Å². The average Bonchev–Trinajstić information content (AvgIpc) is 3.28. The van der Waals surface area contributed by atoms with Crippen molar-refractivity contribution in [1.29, 1.82) is 0 Å². The topological polar surface area (TPSA) is 173 Å². The van der Waals surface area contributed by atoms with Gasteiger partial charge >= 0.3 is 5.00 Å². The van der Waals surface area contributed by atoms with Crippen molar-refractivity contribution in [3.8, 4) is 0 Å². The van der Waals surface area contributed by atoms with Crippen LogP contribution in [-0.2, 0) is 16.8 Å². The van der Waals surface area contributed by atoms with Crippen LogP contribution in [0.5, 0.6) is 0 Å². The number of benzene rings is 1. The maximum absolute atomic E-state index is 10.7. The monoisotopic (exact) mass is 513 g/mol. The third kappa shape index (κ3) is 8.75. The second-order valence-corrected chi connectivity index (χ2v) is 9.95. The average molecular weight is 514 g/mol. The Morgan fingerprint density at radius 2 is 1.76 bits per heavy atom. The predicted molar refractivity (Wildman–Crippen MR) is 124 cm³/mol. The lowest BCUT2D eigenvalue weighted by Crippen LogP contribution is -2.68. The number of fused-ring (bicyclic) bond motifs is 3. The molecule has 4 heterocycles. The highest BCUT2D eigenvalue weighted by Gasteiger charge is 2.37. The summed E-state index contributed by atoms with van der Waals surface area (Å²) in [6.45, 7) is 11.0. The molecule has 3 aliphatic heterocycles. The fraction of sp³-hybridized carbons (Fsp3) is 0.526. The number of rotatable bonds is 9. The summed E-state index contributed by atoms with van der Waals surface area (Å²) in [5.74, 6) is 0. The first-order valence-corrected chi connectivity index (χ1v) is 12.9. The highest BCUT2D eigenvalue weighted by Crippen LogP contribution is 2.28. The van der Waals surface area contributed by atoms with Crippen molar-refractivity contribution in [1.82, 2.24) is 15.2 Å². The number of azo groups is 1. The van der Waals surface area contributed by atoms with Crippen LogP contribution < -0.4 is 5.32 Å². The zero-order valence-electron chi connectivity index (χ0n) is 18.4. The van der Waals surface area contributed by atoms with Crippen molar-refractivity contribution in [2.24, 2.45) is 10.2 Å². The van der Waals surface area contributed by atoms with Gasteiger partial charge in [-0.25, -0.2) is 13.4 Å². The molecule has 1 aromatic heterocycles. The first kappa shape index (κ1) is 26.2. The van der Waals surface area contributed by atoms with Gasteiger partial charge in [0.1, 0.15) is 6.20 Å². The van der Waals surface area contributed by atoms with Gasteiger partial charge in [-0.3, -0.25) is 19.6 Å². The van der Waals surface area contributed by atoms with Crippen molar-refractivity contribution in [3.63, 3.8) is 0 Å². The summed E-state index contributed by atoms with van der Waals surface area (Å²) in [7, 11) is -4.92. The number of nitrogens with zero attached hydrogens (tertiary/aromatic N) is 6. The minimum absolute atomic E-state index is 0.0332. The summed E-state index contributed by atoms with van der Waals surface area (Å²) >= 11 is 0.911. The molecule has 2 aromatic rings. The molecule has 0 saturated carbocycles. The fourth-order valence-corrected chi connectivity index (χ4v) is 4.51. The third-order valence-corrected chi connectivity index (χ3v) is 6.71. The van der Waals surface area contributed by atoms with Crippen LogP contribution in [-0.4, -0.2) is 95.7 Å². The molecular weight excluding hydrogens is 486 g/mol. The standard InChI is InChI=1S/C19H26N7O2S.H2O4S/c27-25(28)18-15-21-19(29-18)23-22-17-3-1-16(2-4-17)5-6-20-7-11-26-12-8-24(9-13-26)10-14-26;1-5(2,3)4/h1-4,15,20H,5-14H2;(H2,1,2,3,4)/q+1;/p-1. The van der Waals surface area contributed by atoms with Gasteiger partial charge in [-0.05, 0) is 42.0 Å². The van der Waals surface area contributed by atoms with E-state index >= 15 is 0 Å². The van der Waals surface area contributed by atoms with Gasteiger partial charge in [0.25, 0.3) is 0 Å². The summed E-state index contributed by atoms with van der Waals surface area (Å²) in [6.07, 6.45) is 2.18. The molecule has 13 nitrogen and oxygen atoms in total. The van der Waals surface area contributed by atoms with Crippen LogP contribution in [0.1, 0.15) is 5.56 Å². The van der Waals surface area contributed by atoms with Crippen LogP contribution in [0.3, 0.4) is 0 Å². The molecule has 0 amide bonds. The largest absolute Gasteiger partial charge is 0.726 e. The Balaban J connectivity index is 0.000000588. The Morgan fingerprint density at radius 3 is 2.32 bits per heavy atom. The molecule has 1 aromatic carbocycles. The normalized spacial score (nSPS) is 21.9. The first-order chi connectivity index (χ1) is 16.1. The van der Waals surface area contributed by atoms with Crippen molar-refractivity contribution in [2.75, 3.05) is 58.9 Å². The number of hydrogen-bond donors (Lipinski definition) is 2. The molecule has 15 heteroatoms. The van der Waals surface area contributed by atoms with Gasteiger partial charge in [-0.15, -0.1) is 10.2 Å². The highest BCUT2D eigenvalue weighted by atomic mass is 32.3. The molecule has 0 radical (unpaired) electrons. The Bertz CT molecular complexity index is 1060. The Kier molecular flexibility index (Phi) is 9.12. The lowest BCUT2D eigenvalue weighted by molar-refractivity contribution is -0.939. The number of piperazine rings is 3. The molecule has 2 N–H and O–H groups in total. The second kappa shape index (κ2) is 11.8. The maximum atomic E-state index is 10.7.